The van der Waals surface area contributed by atoms with Crippen LogP contribution in [0.15, 0.2) is 144 Å². The highest BCUT2D eigenvalue weighted by Gasteiger charge is 2.20. The predicted molar refractivity (Wildman–Crippen MR) is 174 cm³/mol. The summed E-state index contributed by atoms with van der Waals surface area (Å²) in [7, 11) is 0. The van der Waals surface area contributed by atoms with E-state index in [9.17, 15) is 0 Å². The van der Waals surface area contributed by atoms with E-state index in [4.69, 9.17) is 4.42 Å². The highest BCUT2D eigenvalue weighted by Crippen LogP contribution is 2.42. The maximum atomic E-state index is 6.53. The number of nitrogens with zero attached hydrogens (tertiary/aromatic N) is 1. The molecule has 192 valence electrons. The lowest BCUT2D eigenvalue weighted by atomic mass is 9.93. The van der Waals surface area contributed by atoms with E-state index in [-0.39, 0.29) is 0 Å². The maximum Gasteiger partial charge on any atom is 0.161 e. The van der Waals surface area contributed by atoms with Crippen molar-refractivity contribution in [1.29, 1.82) is 0 Å². The number of benzene rings is 6. The van der Waals surface area contributed by atoms with Crippen molar-refractivity contribution in [3.8, 4) is 27.9 Å². The third kappa shape index (κ3) is 3.36. The summed E-state index contributed by atoms with van der Waals surface area (Å²) in [6.45, 7) is 0. The number of furan rings is 1. The molecule has 0 N–H and O–H groups in total. The SMILES string of the molecule is c1ccc(-n2c3ccccc3c3oc4ccc(-c5ccccc5-c5ccc6c(c5)sc5ccccc56)cc4c32)cc1. The van der Waals surface area contributed by atoms with Crippen molar-refractivity contribution in [3.63, 3.8) is 0 Å². The zero-order chi connectivity index (χ0) is 26.9. The monoisotopic (exact) mass is 541 g/mol. The van der Waals surface area contributed by atoms with Crippen LogP contribution >= 0.6 is 11.3 Å². The Morgan fingerprint density at radius 2 is 1.15 bits per heavy atom. The topological polar surface area (TPSA) is 18.1 Å². The average molecular weight is 542 g/mol. The Kier molecular flexibility index (Phi) is 4.80. The van der Waals surface area contributed by atoms with Gasteiger partial charge < -0.3 is 8.98 Å². The summed E-state index contributed by atoms with van der Waals surface area (Å²) in [6.07, 6.45) is 0. The van der Waals surface area contributed by atoms with Crippen molar-refractivity contribution in [3.05, 3.63) is 140 Å². The van der Waals surface area contributed by atoms with E-state index in [1.165, 1.54) is 42.4 Å². The van der Waals surface area contributed by atoms with Gasteiger partial charge in [0, 0.05) is 36.6 Å². The Bertz CT molecular complexity index is 2420. The summed E-state index contributed by atoms with van der Waals surface area (Å²) in [6, 6.07) is 50.0. The molecule has 9 rings (SSSR count). The quantitative estimate of drug-likeness (QED) is 0.217. The zero-order valence-corrected chi connectivity index (χ0v) is 22.9. The first-order valence-electron chi connectivity index (χ1n) is 13.9. The molecular weight excluding hydrogens is 518 g/mol. The lowest BCUT2D eigenvalue weighted by Gasteiger charge is -2.11. The van der Waals surface area contributed by atoms with Crippen molar-refractivity contribution in [2.75, 3.05) is 0 Å². The van der Waals surface area contributed by atoms with Crippen LogP contribution in [-0.2, 0) is 0 Å². The highest BCUT2D eigenvalue weighted by molar-refractivity contribution is 7.25. The number of para-hydroxylation sites is 2. The second kappa shape index (κ2) is 8.69. The van der Waals surface area contributed by atoms with E-state index >= 15 is 0 Å². The molecule has 9 aromatic rings. The van der Waals surface area contributed by atoms with E-state index < -0.39 is 0 Å². The standard InChI is InChI=1S/C38H23NOS/c1-2-10-26(11-3-1)39-33-16-8-6-15-31(33)38-37(39)32-22-24(19-21-34(32)40-38)27-12-4-5-13-28(27)25-18-20-30-29-14-7-9-17-35(29)41-36(30)23-25/h1-23H. The third-order valence-electron chi connectivity index (χ3n) is 8.22. The summed E-state index contributed by atoms with van der Waals surface area (Å²) in [4.78, 5) is 0. The molecule has 0 unspecified atom stereocenters. The van der Waals surface area contributed by atoms with Crippen LogP contribution in [0.4, 0.5) is 0 Å². The molecule has 0 aliphatic rings. The molecule has 2 nitrogen and oxygen atoms in total. The van der Waals surface area contributed by atoms with Gasteiger partial charge in [0.1, 0.15) is 11.1 Å². The van der Waals surface area contributed by atoms with Gasteiger partial charge in [-0.25, -0.2) is 0 Å². The van der Waals surface area contributed by atoms with Gasteiger partial charge in [0.2, 0.25) is 0 Å². The Morgan fingerprint density at radius 3 is 2.00 bits per heavy atom. The summed E-state index contributed by atoms with van der Waals surface area (Å²) in [5, 5.41) is 4.90. The fourth-order valence-corrected chi connectivity index (χ4v) is 7.51. The molecule has 3 heteroatoms. The van der Waals surface area contributed by atoms with Gasteiger partial charge in [0.25, 0.3) is 0 Å². The maximum absolute atomic E-state index is 6.53. The lowest BCUT2D eigenvalue weighted by molar-refractivity contribution is 0.673. The molecule has 0 spiro atoms. The van der Waals surface area contributed by atoms with Crippen LogP contribution in [0.2, 0.25) is 0 Å². The minimum absolute atomic E-state index is 0.901. The van der Waals surface area contributed by atoms with Crippen LogP contribution < -0.4 is 0 Å². The van der Waals surface area contributed by atoms with Crippen LogP contribution in [0.3, 0.4) is 0 Å². The van der Waals surface area contributed by atoms with Crippen molar-refractivity contribution in [2.24, 2.45) is 0 Å². The number of thiophene rings is 1. The first-order chi connectivity index (χ1) is 20.3. The van der Waals surface area contributed by atoms with E-state index in [1.54, 1.807) is 0 Å². The van der Waals surface area contributed by atoms with Crippen LogP contribution in [0.1, 0.15) is 0 Å². The first kappa shape index (κ1) is 22.7. The average Bonchev–Trinajstić information content (AvgIpc) is 3.69. The molecule has 0 saturated carbocycles. The van der Waals surface area contributed by atoms with Gasteiger partial charge in [-0.3, -0.25) is 0 Å². The summed E-state index contributed by atoms with van der Waals surface area (Å²) in [5.74, 6) is 0. The molecule has 0 aliphatic heterocycles. The number of rotatable bonds is 3. The molecule has 3 aromatic heterocycles. The molecule has 0 bridgehead atoms. The predicted octanol–water partition coefficient (Wildman–Crippen LogP) is 11.2. The lowest BCUT2D eigenvalue weighted by Crippen LogP contribution is -1.93. The van der Waals surface area contributed by atoms with E-state index in [2.05, 4.69) is 144 Å². The number of hydrogen-bond donors (Lipinski definition) is 0. The van der Waals surface area contributed by atoms with Crippen molar-refractivity contribution in [2.45, 2.75) is 0 Å². The minimum atomic E-state index is 0.901. The molecule has 0 saturated heterocycles. The number of hydrogen-bond acceptors (Lipinski definition) is 2. The second-order valence-corrected chi connectivity index (χ2v) is 11.6. The first-order valence-corrected chi connectivity index (χ1v) is 14.7. The van der Waals surface area contributed by atoms with Crippen molar-refractivity contribution < 1.29 is 4.42 Å². The molecule has 0 fully saturated rings. The van der Waals surface area contributed by atoms with Gasteiger partial charge in [-0.1, -0.05) is 91.0 Å². The number of fused-ring (bicyclic) bond motifs is 8. The fraction of sp³-hybridized carbons (Fsp3) is 0. The van der Waals surface area contributed by atoms with Gasteiger partial charge in [-0.15, -0.1) is 11.3 Å². The van der Waals surface area contributed by atoms with E-state index in [0.717, 1.165) is 38.7 Å². The van der Waals surface area contributed by atoms with Gasteiger partial charge in [0.15, 0.2) is 5.58 Å². The van der Waals surface area contributed by atoms with Gasteiger partial charge in [-0.2, -0.15) is 0 Å². The van der Waals surface area contributed by atoms with Crippen LogP contribution in [0, 0.1) is 0 Å². The summed E-state index contributed by atoms with van der Waals surface area (Å²) < 4.78 is 11.5. The van der Waals surface area contributed by atoms with Crippen molar-refractivity contribution >= 4 is 64.5 Å². The smallest absolute Gasteiger partial charge is 0.161 e. The summed E-state index contributed by atoms with van der Waals surface area (Å²) >= 11 is 1.86. The highest BCUT2D eigenvalue weighted by atomic mass is 32.1. The van der Waals surface area contributed by atoms with Crippen LogP contribution in [0.5, 0.6) is 0 Å². The largest absolute Gasteiger partial charge is 0.454 e. The molecule has 0 aliphatic carbocycles. The van der Waals surface area contributed by atoms with E-state index in [1.807, 2.05) is 11.3 Å². The normalized spacial score (nSPS) is 11.9. The molecule has 6 aromatic carbocycles. The van der Waals surface area contributed by atoms with Gasteiger partial charge in [-0.05, 0) is 70.8 Å². The third-order valence-corrected chi connectivity index (χ3v) is 9.35. The van der Waals surface area contributed by atoms with Gasteiger partial charge in [0.05, 0.1) is 5.52 Å². The Morgan fingerprint density at radius 1 is 0.488 bits per heavy atom. The fourth-order valence-electron chi connectivity index (χ4n) is 6.36. The molecule has 41 heavy (non-hydrogen) atoms. The summed E-state index contributed by atoms with van der Waals surface area (Å²) in [5.41, 5.74) is 10.1. The molecule has 0 radical (unpaired) electrons. The Labute approximate surface area is 240 Å². The zero-order valence-electron chi connectivity index (χ0n) is 22.0. The van der Waals surface area contributed by atoms with Crippen LogP contribution in [0.25, 0.3) is 81.1 Å². The van der Waals surface area contributed by atoms with Gasteiger partial charge >= 0.3 is 0 Å². The van der Waals surface area contributed by atoms with E-state index in [0.29, 0.717) is 0 Å². The number of aromatic nitrogens is 1. The second-order valence-electron chi connectivity index (χ2n) is 10.5. The minimum Gasteiger partial charge on any atom is -0.454 e. The van der Waals surface area contributed by atoms with Crippen molar-refractivity contribution in [1.82, 2.24) is 4.57 Å². The molecule has 0 atom stereocenters. The van der Waals surface area contributed by atoms with Crippen LogP contribution in [-0.4, -0.2) is 4.57 Å². The molecular formula is C38H23NOS. The molecule has 0 amide bonds. The molecule has 3 heterocycles. The Hall–Kier alpha value is -5.12. The Balaban J connectivity index is 1.27.